The van der Waals surface area contributed by atoms with Crippen LogP contribution in [0.1, 0.15) is 42.5 Å². The summed E-state index contributed by atoms with van der Waals surface area (Å²) in [5, 5.41) is 3.56. The molecule has 4 nitrogen and oxygen atoms in total. The van der Waals surface area contributed by atoms with E-state index in [1.807, 2.05) is 18.2 Å². The molecule has 1 aliphatic carbocycles. The molecule has 4 heteroatoms. The molecule has 0 amide bonds. The zero-order chi connectivity index (χ0) is 18.0. The van der Waals surface area contributed by atoms with Crippen LogP contribution in [-0.2, 0) is 4.79 Å². The lowest BCUT2D eigenvalue weighted by Gasteiger charge is -2.21. The van der Waals surface area contributed by atoms with Crippen LogP contribution < -0.4 is 15.8 Å². The lowest BCUT2D eigenvalue weighted by atomic mass is 9.94. The molecule has 0 bridgehead atoms. The number of hydrogen-bond donors (Lipinski definition) is 2. The Morgan fingerprint density at radius 2 is 1.92 bits per heavy atom. The van der Waals surface area contributed by atoms with Crippen molar-refractivity contribution < 1.29 is 9.53 Å². The SMILES string of the molecule is COc1ccc2c(c1)C(Nc1ccc(C)cc1)CCC(=O)C2=C(C)N. The zero-order valence-electron chi connectivity index (χ0n) is 14.9. The Morgan fingerprint density at radius 1 is 1.20 bits per heavy atom. The van der Waals surface area contributed by atoms with Gasteiger partial charge in [-0.2, -0.15) is 0 Å². The van der Waals surface area contributed by atoms with E-state index in [-0.39, 0.29) is 11.8 Å². The highest BCUT2D eigenvalue weighted by Crippen LogP contribution is 2.38. The predicted octanol–water partition coefficient (Wildman–Crippen LogP) is 4.21. The van der Waals surface area contributed by atoms with E-state index in [0.717, 1.165) is 22.6 Å². The highest BCUT2D eigenvalue weighted by Gasteiger charge is 2.27. The minimum Gasteiger partial charge on any atom is -0.497 e. The van der Waals surface area contributed by atoms with Gasteiger partial charge in [0.05, 0.1) is 13.2 Å². The monoisotopic (exact) mass is 336 g/mol. The maximum absolute atomic E-state index is 12.6. The standard InChI is InChI=1S/C21H24N2O2/c1-13-4-6-15(7-5-13)23-19-10-11-20(24)21(14(2)22)17-9-8-16(25-3)12-18(17)19/h4-9,12,19,23H,10-11,22H2,1-3H3. The van der Waals surface area contributed by atoms with Crippen LogP contribution in [0, 0.1) is 6.92 Å². The first-order valence-electron chi connectivity index (χ1n) is 8.50. The average molecular weight is 336 g/mol. The summed E-state index contributed by atoms with van der Waals surface area (Å²) in [5.41, 5.74) is 11.4. The Hall–Kier alpha value is -2.75. The highest BCUT2D eigenvalue weighted by molar-refractivity contribution is 6.22. The maximum atomic E-state index is 12.6. The van der Waals surface area contributed by atoms with E-state index < -0.39 is 0 Å². The molecule has 1 aliphatic rings. The third-order valence-corrected chi connectivity index (χ3v) is 4.63. The van der Waals surface area contributed by atoms with Gasteiger partial charge in [-0.25, -0.2) is 0 Å². The van der Waals surface area contributed by atoms with E-state index in [1.54, 1.807) is 14.0 Å². The van der Waals surface area contributed by atoms with Crippen LogP contribution in [-0.4, -0.2) is 12.9 Å². The van der Waals surface area contributed by atoms with Gasteiger partial charge in [0.2, 0.25) is 0 Å². The Balaban J connectivity index is 2.07. The van der Waals surface area contributed by atoms with Crippen LogP contribution in [0.15, 0.2) is 48.2 Å². The van der Waals surface area contributed by atoms with E-state index in [1.165, 1.54) is 5.56 Å². The first-order chi connectivity index (χ1) is 12.0. The molecular weight excluding hydrogens is 312 g/mol. The highest BCUT2D eigenvalue weighted by atomic mass is 16.5. The number of ketones is 1. The molecule has 3 rings (SSSR count). The van der Waals surface area contributed by atoms with Gasteiger partial charge in [0.25, 0.3) is 0 Å². The second-order valence-electron chi connectivity index (χ2n) is 6.54. The van der Waals surface area contributed by atoms with Crippen LogP contribution in [0.3, 0.4) is 0 Å². The zero-order valence-corrected chi connectivity index (χ0v) is 14.9. The van der Waals surface area contributed by atoms with Crippen molar-refractivity contribution in [3.05, 3.63) is 64.9 Å². The number of carbonyl (C=O) groups is 1. The Kier molecular flexibility index (Phi) is 4.79. The topological polar surface area (TPSA) is 64.3 Å². The lowest BCUT2D eigenvalue weighted by Crippen LogP contribution is -2.11. The summed E-state index contributed by atoms with van der Waals surface area (Å²) < 4.78 is 5.40. The number of allylic oxidation sites excluding steroid dienone is 2. The number of carbonyl (C=O) groups excluding carboxylic acids is 1. The van der Waals surface area contributed by atoms with Crippen LogP contribution in [0.2, 0.25) is 0 Å². The van der Waals surface area contributed by atoms with Gasteiger partial charge in [-0.05, 0) is 55.7 Å². The molecule has 0 spiro atoms. The van der Waals surface area contributed by atoms with E-state index in [4.69, 9.17) is 10.5 Å². The molecule has 2 aromatic carbocycles. The molecule has 0 aromatic heterocycles. The minimum atomic E-state index is 0.0219. The molecule has 0 heterocycles. The van der Waals surface area contributed by atoms with Crippen molar-refractivity contribution in [3.63, 3.8) is 0 Å². The van der Waals surface area contributed by atoms with Crippen molar-refractivity contribution in [2.45, 2.75) is 32.7 Å². The third-order valence-electron chi connectivity index (χ3n) is 4.63. The number of nitrogens with two attached hydrogens (primary N) is 1. The largest absolute Gasteiger partial charge is 0.497 e. The van der Waals surface area contributed by atoms with Gasteiger partial charge >= 0.3 is 0 Å². The number of Topliss-reactive ketones (excluding diaryl/α,β-unsaturated/α-hetero) is 1. The number of hydrogen-bond acceptors (Lipinski definition) is 4. The van der Waals surface area contributed by atoms with Crippen molar-refractivity contribution in [1.29, 1.82) is 0 Å². The fourth-order valence-electron chi connectivity index (χ4n) is 3.32. The fraction of sp³-hybridized carbons (Fsp3) is 0.286. The first kappa shape index (κ1) is 17.1. The summed E-state index contributed by atoms with van der Waals surface area (Å²) in [6, 6.07) is 14.1. The Bertz CT molecular complexity index is 818. The quantitative estimate of drug-likeness (QED) is 0.651. The normalized spacial score (nSPS) is 19.0. The number of rotatable bonds is 3. The Morgan fingerprint density at radius 3 is 2.56 bits per heavy atom. The van der Waals surface area contributed by atoms with Gasteiger partial charge < -0.3 is 15.8 Å². The molecule has 1 unspecified atom stereocenters. The molecule has 3 N–H and O–H groups in total. The van der Waals surface area contributed by atoms with Gasteiger partial charge in [0.1, 0.15) is 5.75 Å². The summed E-state index contributed by atoms with van der Waals surface area (Å²) in [6.07, 6.45) is 1.17. The number of nitrogens with one attached hydrogen (secondary N) is 1. The van der Waals surface area contributed by atoms with Gasteiger partial charge in [0.15, 0.2) is 5.78 Å². The molecule has 0 fully saturated rings. The van der Waals surface area contributed by atoms with Gasteiger partial charge in [0, 0.05) is 23.4 Å². The molecule has 25 heavy (non-hydrogen) atoms. The summed E-state index contributed by atoms with van der Waals surface area (Å²) in [7, 11) is 1.65. The molecule has 0 radical (unpaired) electrons. The number of fused-ring (bicyclic) bond motifs is 1. The van der Waals surface area contributed by atoms with Crippen molar-refractivity contribution in [2.75, 3.05) is 12.4 Å². The molecule has 1 atom stereocenters. The lowest BCUT2D eigenvalue weighted by molar-refractivity contribution is -0.113. The number of methoxy groups -OCH3 is 1. The molecule has 0 saturated carbocycles. The van der Waals surface area contributed by atoms with Gasteiger partial charge in [-0.3, -0.25) is 4.79 Å². The van der Waals surface area contributed by atoms with Crippen LogP contribution in [0.4, 0.5) is 5.69 Å². The smallest absolute Gasteiger partial charge is 0.165 e. The number of benzene rings is 2. The fourth-order valence-corrected chi connectivity index (χ4v) is 3.32. The molecule has 0 aliphatic heterocycles. The van der Waals surface area contributed by atoms with Crippen molar-refractivity contribution in [2.24, 2.45) is 5.73 Å². The number of anilines is 1. The van der Waals surface area contributed by atoms with E-state index >= 15 is 0 Å². The maximum Gasteiger partial charge on any atom is 0.165 e. The van der Waals surface area contributed by atoms with Crippen LogP contribution >= 0.6 is 0 Å². The Labute approximate surface area is 148 Å². The van der Waals surface area contributed by atoms with Gasteiger partial charge in [-0.15, -0.1) is 0 Å². The van der Waals surface area contributed by atoms with E-state index in [9.17, 15) is 4.79 Å². The predicted molar refractivity (Wildman–Crippen MR) is 102 cm³/mol. The second-order valence-corrected chi connectivity index (χ2v) is 6.54. The van der Waals surface area contributed by atoms with Gasteiger partial charge in [-0.1, -0.05) is 23.8 Å². The van der Waals surface area contributed by atoms with Crippen molar-refractivity contribution in [1.82, 2.24) is 0 Å². The second kappa shape index (κ2) is 7.01. The van der Waals surface area contributed by atoms with Crippen LogP contribution in [0.5, 0.6) is 5.75 Å². The molecule has 0 saturated heterocycles. The third kappa shape index (κ3) is 3.53. The summed E-state index contributed by atoms with van der Waals surface area (Å²) in [5.74, 6) is 0.873. The number of aryl methyl sites for hydroxylation is 1. The first-order valence-corrected chi connectivity index (χ1v) is 8.50. The summed E-state index contributed by atoms with van der Waals surface area (Å²) in [6.45, 7) is 3.85. The summed E-state index contributed by atoms with van der Waals surface area (Å²) in [4.78, 5) is 12.6. The molecular formula is C21H24N2O2. The molecule has 130 valence electrons. The average Bonchev–Trinajstić information content (AvgIpc) is 2.73. The van der Waals surface area contributed by atoms with Crippen LogP contribution in [0.25, 0.3) is 5.57 Å². The number of ether oxygens (including phenoxy) is 1. The van der Waals surface area contributed by atoms with E-state index in [0.29, 0.717) is 24.1 Å². The molecule has 2 aromatic rings. The summed E-state index contributed by atoms with van der Waals surface area (Å²) >= 11 is 0. The van der Waals surface area contributed by atoms with Crippen molar-refractivity contribution >= 4 is 17.0 Å². The minimum absolute atomic E-state index is 0.0219. The van der Waals surface area contributed by atoms with Crippen molar-refractivity contribution in [3.8, 4) is 5.75 Å². The van der Waals surface area contributed by atoms with E-state index in [2.05, 4.69) is 36.5 Å².